The van der Waals surface area contributed by atoms with Crippen LogP contribution >= 0.6 is 11.6 Å². The molecular formula is C26H29ClN4O3. The van der Waals surface area contributed by atoms with Crippen molar-refractivity contribution in [2.75, 3.05) is 0 Å². The molecule has 1 aliphatic rings. The molecule has 0 saturated heterocycles. The lowest BCUT2D eigenvalue weighted by atomic mass is 9.95. The summed E-state index contributed by atoms with van der Waals surface area (Å²) >= 11 is 5.91. The molecular weight excluding hydrogens is 452 g/mol. The largest absolute Gasteiger partial charge is 0.353 e. The standard InChI is InChI=1S/C26H29ClN4O3/c27-19-12-10-18(11-13-19)16-28-25(33)17-31-23-9-5-4-8-21(23)30-22(26(31)34)14-15-24(32)29-20-6-2-1-3-7-20/h4-5,8-13,20H,1-3,6-7,14-17H2,(H,28,33)(H,29,32). The molecule has 0 unspecified atom stereocenters. The van der Waals surface area contributed by atoms with Gasteiger partial charge >= 0.3 is 0 Å². The number of amides is 2. The summed E-state index contributed by atoms with van der Waals surface area (Å²) in [6.07, 6.45) is 5.95. The Bertz CT molecular complexity index is 1220. The molecule has 1 aromatic heterocycles. The van der Waals surface area contributed by atoms with Crippen LogP contribution in [0.2, 0.25) is 5.02 Å². The highest BCUT2D eigenvalue weighted by Crippen LogP contribution is 2.17. The van der Waals surface area contributed by atoms with E-state index in [1.165, 1.54) is 11.0 Å². The van der Waals surface area contributed by atoms with Crippen LogP contribution in [0.4, 0.5) is 0 Å². The maximum Gasteiger partial charge on any atom is 0.273 e. The number of benzene rings is 2. The fourth-order valence-electron chi connectivity index (χ4n) is 4.35. The number of carbonyl (C=O) groups excluding carboxylic acids is 2. The smallest absolute Gasteiger partial charge is 0.273 e. The van der Waals surface area contributed by atoms with Crippen molar-refractivity contribution < 1.29 is 9.59 Å². The van der Waals surface area contributed by atoms with Crippen LogP contribution in [-0.2, 0) is 29.1 Å². The van der Waals surface area contributed by atoms with Gasteiger partial charge in [-0.05, 0) is 42.7 Å². The Hall–Kier alpha value is -3.19. The minimum Gasteiger partial charge on any atom is -0.353 e. The summed E-state index contributed by atoms with van der Waals surface area (Å²) < 4.78 is 1.44. The number of halogens is 1. The summed E-state index contributed by atoms with van der Waals surface area (Å²) in [5, 5.41) is 6.56. The van der Waals surface area contributed by atoms with Gasteiger partial charge in [0.2, 0.25) is 11.8 Å². The SMILES string of the molecule is O=C(Cn1c(=O)c(CCC(=O)NC2CCCCC2)nc2ccccc21)NCc1ccc(Cl)cc1. The maximum absolute atomic E-state index is 13.2. The normalized spacial score (nSPS) is 14.1. The molecule has 8 heteroatoms. The van der Waals surface area contributed by atoms with Crippen molar-refractivity contribution in [1.82, 2.24) is 20.2 Å². The minimum atomic E-state index is -0.342. The van der Waals surface area contributed by atoms with E-state index >= 15 is 0 Å². The number of nitrogens with one attached hydrogen (secondary N) is 2. The van der Waals surface area contributed by atoms with Crippen molar-refractivity contribution >= 4 is 34.4 Å². The van der Waals surface area contributed by atoms with Crippen molar-refractivity contribution in [3.8, 4) is 0 Å². The topological polar surface area (TPSA) is 93.1 Å². The van der Waals surface area contributed by atoms with E-state index < -0.39 is 0 Å². The highest BCUT2D eigenvalue weighted by molar-refractivity contribution is 6.30. The molecule has 34 heavy (non-hydrogen) atoms. The molecule has 178 valence electrons. The monoisotopic (exact) mass is 480 g/mol. The van der Waals surface area contributed by atoms with Gasteiger partial charge in [-0.15, -0.1) is 0 Å². The quantitative estimate of drug-likeness (QED) is 0.513. The predicted octanol–water partition coefficient (Wildman–Crippen LogP) is 3.75. The first-order chi connectivity index (χ1) is 16.5. The Kier molecular flexibility index (Phi) is 7.95. The number of rotatable bonds is 8. The van der Waals surface area contributed by atoms with Gasteiger partial charge in [-0.2, -0.15) is 0 Å². The second kappa shape index (κ2) is 11.3. The average molecular weight is 481 g/mol. The van der Waals surface area contributed by atoms with Crippen LogP contribution in [0.15, 0.2) is 53.3 Å². The van der Waals surface area contributed by atoms with Crippen molar-refractivity contribution in [3.05, 3.63) is 75.2 Å². The average Bonchev–Trinajstić information content (AvgIpc) is 2.85. The zero-order valence-corrected chi connectivity index (χ0v) is 19.8. The lowest BCUT2D eigenvalue weighted by molar-refractivity contribution is -0.122. The molecule has 3 aromatic rings. The van der Waals surface area contributed by atoms with Crippen molar-refractivity contribution in [2.24, 2.45) is 0 Å². The van der Waals surface area contributed by atoms with Gasteiger partial charge in [0.05, 0.1) is 11.0 Å². The summed E-state index contributed by atoms with van der Waals surface area (Å²) in [6.45, 7) is 0.207. The Labute approximate surface area is 203 Å². The summed E-state index contributed by atoms with van der Waals surface area (Å²) in [4.78, 5) is 42.8. The molecule has 2 amide bonds. The first-order valence-electron chi connectivity index (χ1n) is 11.8. The van der Waals surface area contributed by atoms with Gasteiger partial charge in [-0.25, -0.2) is 4.98 Å². The second-order valence-electron chi connectivity index (χ2n) is 8.74. The molecule has 2 N–H and O–H groups in total. The fourth-order valence-corrected chi connectivity index (χ4v) is 4.47. The number of hydrogen-bond acceptors (Lipinski definition) is 4. The van der Waals surface area contributed by atoms with E-state index in [1.54, 1.807) is 18.2 Å². The lowest BCUT2D eigenvalue weighted by Crippen LogP contribution is -2.37. The van der Waals surface area contributed by atoms with Crippen LogP contribution in [0.5, 0.6) is 0 Å². The van der Waals surface area contributed by atoms with E-state index in [0.29, 0.717) is 28.3 Å². The maximum atomic E-state index is 13.2. The third-order valence-corrected chi connectivity index (χ3v) is 6.44. The van der Waals surface area contributed by atoms with E-state index in [4.69, 9.17) is 11.6 Å². The molecule has 0 atom stereocenters. The molecule has 1 saturated carbocycles. The number of fused-ring (bicyclic) bond motifs is 1. The van der Waals surface area contributed by atoms with Crippen molar-refractivity contribution in [2.45, 2.75) is 64.1 Å². The highest BCUT2D eigenvalue weighted by Gasteiger charge is 2.18. The third-order valence-electron chi connectivity index (χ3n) is 6.18. The number of nitrogens with zero attached hydrogens (tertiary/aromatic N) is 2. The number of carbonyl (C=O) groups is 2. The Morgan fingerprint density at radius 3 is 2.50 bits per heavy atom. The van der Waals surface area contributed by atoms with Gasteiger partial charge in [0, 0.05) is 30.5 Å². The van der Waals surface area contributed by atoms with E-state index in [-0.39, 0.29) is 42.8 Å². The molecule has 0 bridgehead atoms. The lowest BCUT2D eigenvalue weighted by Gasteiger charge is -2.22. The molecule has 0 radical (unpaired) electrons. The fraction of sp³-hybridized carbons (Fsp3) is 0.385. The van der Waals surface area contributed by atoms with Crippen LogP contribution in [0.25, 0.3) is 11.0 Å². The van der Waals surface area contributed by atoms with Gasteiger partial charge in [0.15, 0.2) is 0 Å². The molecule has 2 aromatic carbocycles. The molecule has 1 heterocycles. The second-order valence-corrected chi connectivity index (χ2v) is 9.18. The molecule has 1 aliphatic carbocycles. The summed E-state index contributed by atoms with van der Waals surface area (Å²) in [6, 6.07) is 14.7. The highest BCUT2D eigenvalue weighted by atomic mass is 35.5. The minimum absolute atomic E-state index is 0.0616. The number of hydrogen-bond donors (Lipinski definition) is 2. The van der Waals surface area contributed by atoms with Crippen LogP contribution in [-0.4, -0.2) is 27.4 Å². The Morgan fingerprint density at radius 2 is 1.74 bits per heavy atom. The van der Waals surface area contributed by atoms with Crippen molar-refractivity contribution in [1.29, 1.82) is 0 Å². The van der Waals surface area contributed by atoms with Gasteiger partial charge < -0.3 is 10.6 Å². The summed E-state index contributed by atoms with van der Waals surface area (Å²) in [5.41, 5.74) is 2.07. The zero-order chi connectivity index (χ0) is 23.9. The molecule has 7 nitrogen and oxygen atoms in total. The zero-order valence-electron chi connectivity index (χ0n) is 19.1. The van der Waals surface area contributed by atoms with E-state index in [9.17, 15) is 14.4 Å². The van der Waals surface area contributed by atoms with Crippen LogP contribution in [0.1, 0.15) is 49.8 Å². The number of aromatic nitrogens is 2. The summed E-state index contributed by atoms with van der Waals surface area (Å²) in [7, 11) is 0. The predicted molar refractivity (Wildman–Crippen MR) is 133 cm³/mol. The molecule has 0 aliphatic heterocycles. The first-order valence-corrected chi connectivity index (χ1v) is 12.2. The van der Waals surface area contributed by atoms with Gasteiger partial charge in [0.1, 0.15) is 12.2 Å². The molecule has 0 spiro atoms. The van der Waals surface area contributed by atoms with Gasteiger partial charge in [0.25, 0.3) is 5.56 Å². The Morgan fingerprint density at radius 1 is 1.00 bits per heavy atom. The van der Waals surface area contributed by atoms with E-state index in [2.05, 4.69) is 15.6 Å². The van der Waals surface area contributed by atoms with Crippen molar-refractivity contribution in [3.63, 3.8) is 0 Å². The van der Waals surface area contributed by atoms with E-state index in [0.717, 1.165) is 31.2 Å². The van der Waals surface area contributed by atoms with Crippen LogP contribution in [0, 0.1) is 0 Å². The Balaban J connectivity index is 1.45. The molecule has 4 rings (SSSR count). The van der Waals surface area contributed by atoms with Crippen LogP contribution in [0.3, 0.4) is 0 Å². The third kappa shape index (κ3) is 6.23. The first kappa shape index (κ1) is 24.0. The van der Waals surface area contributed by atoms with Gasteiger partial charge in [-0.3, -0.25) is 19.0 Å². The summed E-state index contributed by atoms with van der Waals surface area (Å²) in [5.74, 6) is -0.345. The molecule has 1 fully saturated rings. The van der Waals surface area contributed by atoms with Crippen LogP contribution < -0.4 is 16.2 Å². The van der Waals surface area contributed by atoms with E-state index in [1.807, 2.05) is 30.3 Å². The van der Waals surface area contributed by atoms with Gasteiger partial charge in [-0.1, -0.05) is 55.1 Å². The number of para-hydroxylation sites is 2. The number of aryl methyl sites for hydroxylation is 1.